The lowest BCUT2D eigenvalue weighted by Gasteiger charge is -1.91. The third-order valence-corrected chi connectivity index (χ3v) is 0.421. The highest BCUT2D eigenvalue weighted by molar-refractivity contribution is 4.88. The van der Waals surface area contributed by atoms with E-state index in [0.29, 0.717) is 5.70 Å². The highest BCUT2D eigenvalue weighted by atomic mass is 16.3. The fourth-order valence-corrected chi connectivity index (χ4v) is 0.207. The summed E-state index contributed by atoms with van der Waals surface area (Å²) in [7, 11) is 0. The first-order valence-corrected chi connectivity index (χ1v) is 2.04. The number of hydrogen-bond donors (Lipinski definition) is 3. The van der Waals surface area contributed by atoms with Crippen LogP contribution in [0.5, 0.6) is 0 Å². The molecule has 0 aliphatic heterocycles. The summed E-state index contributed by atoms with van der Waals surface area (Å²) in [6.45, 7) is 1.68. The molecule has 0 spiro atoms. The SMILES string of the molecule is C/C(N)=C\NCO. The summed E-state index contributed by atoms with van der Waals surface area (Å²) >= 11 is 0. The van der Waals surface area contributed by atoms with Crippen molar-refractivity contribution in [3.8, 4) is 0 Å². The van der Waals surface area contributed by atoms with E-state index in [2.05, 4.69) is 5.32 Å². The van der Waals surface area contributed by atoms with Crippen LogP contribution in [0.25, 0.3) is 0 Å². The molecule has 0 aromatic heterocycles. The molecule has 0 heterocycles. The van der Waals surface area contributed by atoms with Gasteiger partial charge in [0.1, 0.15) is 6.73 Å². The van der Waals surface area contributed by atoms with Crippen molar-refractivity contribution in [3.63, 3.8) is 0 Å². The molecule has 4 N–H and O–H groups in total. The number of nitrogens with one attached hydrogen (secondary N) is 1. The van der Waals surface area contributed by atoms with Gasteiger partial charge in [0.15, 0.2) is 0 Å². The predicted molar refractivity (Wildman–Crippen MR) is 28.2 cm³/mol. The van der Waals surface area contributed by atoms with Crippen LogP contribution in [0.2, 0.25) is 0 Å². The Labute approximate surface area is 42.8 Å². The van der Waals surface area contributed by atoms with Crippen molar-refractivity contribution in [1.29, 1.82) is 0 Å². The topological polar surface area (TPSA) is 58.3 Å². The molecule has 0 rings (SSSR count). The second-order valence-electron chi connectivity index (χ2n) is 1.25. The van der Waals surface area contributed by atoms with Crippen LogP contribution in [0.4, 0.5) is 0 Å². The molecule has 0 aromatic carbocycles. The van der Waals surface area contributed by atoms with Crippen LogP contribution in [0, 0.1) is 0 Å². The summed E-state index contributed by atoms with van der Waals surface area (Å²) < 4.78 is 0. The minimum atomic E-state index is -0.0610. The summed E-state index contributed by atoms with van der Waals surface area (Å²) in [5.74, 6) is 0. The molecule has 0 unspecified atom stereocenters. The van der Waals surface area contributed by atoms with Gasteiger partial charge in [0.25, 0.3) is 0 Å². The van der Waals surface area contributed by atoms with E-state index in [1.807, 2.05) is 0 Å². The molecule has 0 aliphatic carbocycles. The molecule has 0 fully saturated rings. The third-order valence-electron chi connectivity index (χ3n) is 0.421. The van der Waals surface area contributed by atoms with E-state index in [-0.39, 0.29) is 6.73 Å². The van der Waals surface area contributed by atoms with Crippen LogP contribution in [-0.4, -0.2) is 11.8 Å². The van der Waals surface area contributed by atoms with Crippen molar-refractivity contribution in [2.75, 3.05) is 6.73 Å². The van der Waals surface area contributed by atoms with E-state index in [1.54, 1.807) is 13.1 Å². The molecule has 0 saturated heterocycles. The number of nitrogens with two attached hydrogens (primary N) is 1. The molecular formula is C4H10N2O. The second-order valence-corrected chi connectivity index (χ2v) is 1.25. The number of allylic oxidation sites excluding steroid dienone is 1. The normalized spacial score (nSPS) is 11.4. The molecule has 0 aliphatic rings. The predicted octanol–water partition coefficient (Wildman–Crippen LogP) is -0.654. The van der Waals surface area contributed by atoms with Gasteiger partial charge in [-0.3, -0.25) is 0 Å². The van der Waals surface area contributed by atoms with E-state index in [0.717, 1.165) is 0 Å². The van der Waals surface area contributed by atoms with E-state index in [9.17, 15) is 0 Å². The maximum absolute atomic E-state index is 8.10. The highest BCUT2D eigenvalue weighted by Gasteiger charge is 1.70. The van der Waals surface area contributed by atoms with Gasteiger partial charge in [-0.15, -0.1) is 0 Å². The lowest BCUT2D eigenvalue weighted by molar-refractivity contribution is 0.279. The number of aliphatic hydroxyl groups is 1. The highest BCUT2D eigenvalue weighted by Crippen LogP contribution is 1.70. The monoisotopic (exact) mass is 102 g/mol. The van der Waals surface area contributed by atoms with Gasteiger partial charge in [0.2, 0.25) is 0 Å². The first-order chi connectivity index (χ1) is 3.27. The van der Waals surface area contributed by atoms with Crippen LogP contribution < -0.4 is 11.1 Å². The standard InChI is InChI=1S/C4H10N2O/c1-4(5)2-6-3-7/h2,6-7H,3,5H2,1H3/b4-2+. The summed E-state index contributed by atoms with van der Waals surface area (Å²) in [5, 5.41) is 10.6. The van der Waals surface area contributed by atoms with E-state index in [4.69, 9.17) is 10.8 Å². The Hall–Kier alpha value is -0.700. The van der Waals surface area contributed by atoms with Crippen LogP contribution in [0.3, 0.4) is 0 Å². The van der Waals surface area contributed by atoms with Crippen LogP contribution in [0.15, 0.2) is 11.9 Å². The third kappa shape index (κ3) is 5.30. The summed E-state index contributed by atoms with van der Waals surface area (Å²) in [4.78, 5) is 0. The molecule has 3 heteroatoms. The van der Waals surface area contributed by atoms with Crippen LogP contribution in [-0.2, 0) is 0 Å². The Kier molecular flexibility index (Phi) is 3.14. The molecule has 0 amide bonds. The van der Waals surface area contributed by atoms with E-state index < -0.39 is 0 Å². The zero-order valence-electron chi connectivity index (χ0n) is 4.31. The lowest BCUT2D eigenvalue weighted by Crippen LogP contribution is -2.08. The quantitative estimate of drug-likeness (QED) is 0.406. The van der Waals surface area contributed by atoms with Gasteiger partial charge in [-0.05, 0) is 6.92 Å². The largest absolute Gasteiger partial charge is 0.401 e. The molecule has 0 radical (unpaired) electrons. The Bertz CT molecular complexity index is 66.1. The molecule has 3 nitrogen and oxygen atoms in total. The van der Waals surface area contributed by atoms with Gasteiger partial charge < -0.3 is 16.2 Å². The zero-order chi connectivity index (χ0) is 5.70. The smallest absolute Gasteiger partial charge is 0.112 e. The van der Waals surface area contributed by atoms with Crippen molar-refractivity contribution < 1.29 is 5.11 Å². The van der Waals surface area contributed by atoms with Gasteiger partial charge in [-0.2, -0.15) is 0 Å². The molecule has 42 valence electrons. The minimum Gasteiger partial charge on any atom is -0.401 e. The van der Waals surface area contributed by atoms with Gasteiger partial charge in [0.05, 0.1) is 0 Å². The summed E-state index contributed by atoms with van der Waals surface area (Å²) in [6, 6.07) is 0. The lowest BCUT2D eigenvalue weighted by atomic mass is 10.6. The van der Waals surface area contributed by atoms with Crippen LogP contribution >= 0.6 is 0 Å². The number of hydrogen-bond acceptors (Lipinski definition) is 3. The zero-order valence-corrected chi connectivity index (χ0v) is 4.31. The average molecular weight is 102 g/mol. The van der Waals surface area contributed by atoms with E-state index in [1.165, 1.54) is 0 Å². The minimum absolute atomic E-state index is 0.0610. The molecule has 0 bridgehead atoms. The first-order valence-electron chi connectivity index (χ1n) is 2.04. The summed E-state index contributed by atoms with van der Waals surface area (Å²) in [5.41, 5.74) is 5.83. The first kappa shape index (κ1) is 6.30. The Balaban J connectivity index is 3.08. The Morgan fingerprint density at radius 1 is 2.00 bits per heavy atom. The van der Waals surface area contributed by atoms with Crippen molar-refractivity contribution in [2.24, 2.45) is 5.73 Å². The van der Waals surface area contributed by atoms with Crippen LogP contribution in [0.1, 0.15) is 6.92 Å². The van der Waals surface area contributed by atoms with Crippen molar-refractivity contribution >= 4 is 0 Å². The average Bonchev–Trinajstić information content (AvgIpc) is 1.61. The van der Waals surface area contributed by atoms with Crippen molar-refractivity contribution in [2.45, 2.75) is 6.92 Å². The van der Waals surface area contributed by atoms with Gasteiger partial charge in [-0.1, -0.05) is 0 Å². The van der Waals surface area contributed by atoms with Crippen molar-refractivity contribution in [3.05, 3.63) is 11.9 Å². The number of aliphatic hydroxyl groups excluding tert-OH is 1. The van der Waals surface area contributed by atoms with Gasteiger partial charge >= 0.3 is 0 Å². The fourth-order valence-electron chi connectivity index (χ4n) is 0.207. The maximum Gasteiger partial charge on any atom is 0.112 e. The van der Waals surface area contributed by atoms with E-state index >= 15 is 0 Å². The molecule has 0 saturated carbocycles. The molecule has 0 aromatic rings. The molecule has 7 heavy (non-hydrogen) atoms. The summed E-state index contributed by atoms with van der Waals surface area (Å²) in [6.07, 6.45) is 1.54. The Morgan fingerprint density at radius 2 is 2.57 bits per heavy atom. The molecule has 0 atom stereocenters. The second kappa shape index (κ2) is 3.49. The maximum atomic E-state index is 8.10. The fraction of sp³-hybridized carbons (Fsp3) is 0.500. The molecular weight excluding hydrogens is 92.1 g/mol. The van der Waals surface area contributed by atoms with Gasteiger partial charge in [0, 0.05) is 11.9 Å². The van der Waals surface area contributed by atoms with Crippen molar-refractivity contribution in [1.82, 2.24) is 5.32 Å². The van der Waals surface area contributed by atoms with Gasteiger partial charge in [-0.25, -0.2) is 0 Å². The Morgan fingerprint density at radius 3 is 2.71 bits per heavy atom. The number of rotatable bonds is 2.